The Bertz CT molecular complexity index is 414. The van der Waals surface area contributed by atoms with Crippen molar-refractivity contribution in [2.24, 2.45) is 5.84 Å². The molecule has 0 fully saturated rings. The molecule has 98 valence electrons. The molecule has 0 saturated heterocycles. The molecule has 0 aromatic heterocycles. The average Bonchev–Trinajstić information content (AvgIpc) is 2.36. The molecule has 0 amide bonds. The molecule has 1 atom stereocenters. The number of hydrazine groups is 1. The summed E-state index contributed by atoms with van der Waals surface area (Å²) in [5, 5.41) is 0. The molecule has 1 aromatic carbocycles. The molecule has 18 heavy (non-hydrogen) atoms. The molecule has 0 saturated carbocycles. The van der Waals surface area contributed by atoms with Crippen LogP contribution in [0, 0.1) is 13.8 Å². The van der Waals surface area contributed by atoms with E-state index in [1.165, 1.54) is 47.9 Å². The lowest BCUT2D eigenvalue weighted by molar-refractivity contribution is 0.542. The van der Waals surface area contributed by atoms with Gasteiger partial charge in [0.05, 0.1) is 0 Å². The van der Waals surface area contributed by atoms with Crippen LogP contribution in [0.15, 0.2) is 29.8 Å². The third-order valence-corrected chi connectivity index (χ3v) is 3.70. The minimum Gasteiger partial charge on any atom is -0.271 e. The Hall–Kier alpha value is -1.12. The highest BCUT2D eigenvalue weighted by Crippen LogP contribution is 2.22. The minimum absolute atomic E-state index is 0.298. The summed E-state index contributed by atoms with van der Waals surface area (Å²) in [6.07, 6.45) is 8.39. The number of benzene rings is 1. The van der Waals surface area contributed by atoms with E-state index in [1.54, 1.807) is 0 Å². The second kappa shape index (κ2) is 6.17. The summed E-state index contributed by atoms with van der Waals surface area (Å²) < 4.78 is 0. The van der Waals surface area contributed by atoms with Crippen molar-refractivity contribution in [1.29, 1.82) is 0 Å². The summed E-state index contributed by atoms with van der Waals surface area (Å²) >= 11 is 0. The van der Waals surface area contributed by atoms with Gasteiger partial charge in [-0.1, -0.05) is 41.0 Å². The van der Waals surface area contributed by atoms with Gasteiger partial charge in [-0.05, 0) is 51.5 Å². The zero-order valence-corrected chi connectivity index (χ0v) is 11.5. The first-order chi connectivity index (χ1) is 8.69. The van der Waals surface area contributed by atoms with Crippen LogP contribution in [-0.4, -0.2) is 6.04 Å². The van der Waals surface area contributed by atoms with Gasteiger partial charge in [-0.25, -0.2) is 0 Å². The van der Waals surface area contributed by atoms with Crippen LogP contribution in [0.4, 0.5) is 0 Å². The summed E-state index contributed by atoms with van der Waals surface area (Å²) in [6.45, 7) is 4.31. The zero-order valence-electron chi connectivity index (χ0n) is 11.5. The highest BCUT2D eigenvalue weighted by atomic mass is 15.2. The second-order valence-corrected chi connectivity index (χ2v) is 5.44. The van der Waals surface area contributed by atoms with Crippen LogP contribution in [0.25, 0.3) is 0 Å². The maximum absolute atomic E-state index is 5.74. The van der Waals surface area contributed by atoms with Gasteiger partial charge in [0.2, 0.25) is 0 Å². The van der Waals surface area contributed by atoms with Crippen molar-refractivity contribution in [3.8, 4) is 0 Å². The predicted octanol–water partition coefficient (Wildman–Crippen LogP) is 3.18. The number of hydrogen-bond acceptors (Lipinski definition) is 2. The topological polar surface area (TPSA) is 38.0 Å². The predicted molar refractivity (Wildman–Crippen MR) is 77.3 cm³/mol. The Kier molecular flexibility index (Phi) is 4.56. The molecular weight excluding hydrogens is 220 g/mol. The molecule has 1 unspecified atom stereocenters. The number of hydrogen-bond donors (Lipinski definition) is 2. The summed E-state index contributed by atoms with van der Waals surface area (Å²) in [5.74, 6) is 5.74. The van der Waals surface area contributed by atoms with Gasteiger partial charge in [0.25, 0.3) is 0 Å². The molecule has 0 spiro atoms. The SMILES string of the molecule is Cc1cc(C)cc(CC(NN)C2=CCCCC2)c1. The number of nitrogens with one attached hydrogen (secondary N) is 1. The minimum atomic E-state index is 0.298. The molecule has 0 aliphatic heterocycles. The first-order valence-corrected chi connectivity index (χ1v) is 6.91. The summed E-state index contributed by atoms with van der Waals surface area (Å²) in [6, 6.07) is 7.04. The van der Waals surface area contributed by atoms with Crippen LogP contribution in [-0.2, 0) is 6.42 Å². The van der Waals surface area contributed by atoms with E-state index in [2.05, 4.69) is 43.5 Å². The lowest BCUT2D eigenvalue weighted by atomic mass is 9.90. The maximum atomic E-state index is 5.74. The van der Waals surface area contributed by atoms with Gasteiger partial charge in [-0.3, -0.25) is 11.3 Å². The molecule has 2 nitrogen and oxygen atoms in total. The third-order valence-electron chi connectivity index (χ3n) is 3.70. The van der Waals surface area contributed by atoms with E-state index < -0.39 is 0 Å². The van der Waals surface area contributed by atoms with Gasteiger partial charge in [0.1, 0.15) is 0 Å². The summed E-state index contributed by atoms with van der Waals surface area (Å²) in [5.41, 5.74) is 8.52. The molecule has 0 radical (unpaired) electrons. The second-order valence-electron chi connectivity index (χ2n) is 5.44. The molecule has 1 aliphatic rings. The lowest BCUT2D eigenvalue weighted by Crippen LogP contribution is -2.38. The fraction of sp³-hybridized carbons (Fsp3) is 0.500. The normalized spacial score (nSPS) is 17.4. The molecule has 0 bridgehead atoms. The third kappa shape index (κ3) is 3.44. The molecular formula is C16H24N2. The lowest BCUT2D eigenvalue weighted by Gasteiger charge is -2.23. The van der Waals surface area contributed by atoms with Crippen molar-refractivity contribution < 1.29 is 0 Å². The first-order valence-electron chi connectivity index (χ1n) is 6.91. The number of aryl methyl sites for hydroxylation is 2. The van der Waals surface area contributed by atoms with Crippen molar-refractivity contribution >= 4 is 0 Å². The molecule has 3 N–H and O–H groups in total. The highest BCUT2D eigenvalue weighted by molar-refractivity contribution is 5.30. The van der Waals surface area contributed by atoms with Gasteiger partial charge < -0.3 is 0 Å². The molecule has 0 heterocycles. The number of nitrogens with two attached hydrogens (primary N) is 1. The van der Waals surface area contributed by atoms with E-state index in [-0.39, 0.29) is 0 Å². The molecule has 1 aliphatic carbocycles. The Morgan fingerprint density at radius 1 is 1.17 bits per heavy atom. The quantitative estimate of drug-likeness (QED) is 0.485. The van der Waals surface area contributed by atoms with E-state index in [1.807, 2.05) is 0 Å². The van der Waals surface area contributed by atoms with Crippen molar-refractivity contribution in [2.75, 3.05) is 0 Å². The fourth-order valence-electron chi connectivity index (χ4n) is 2.90. The van der Waals surface area contributed by atoms with Crippen LogP contribution in [0.3, 0.4) is 0 Å². The van der Waals surface area contributed by atoms with Gasteiger partial charge in [0, 0.05) is 6.04 Å². The van der Waals surface area contributed by atoms with Crippen molar-refractivity contribution in [3.63, 3.8) is 0 Å². The van der Waals surface area contributed by atoms with Crippen LogP contribution in [0.2, 0.25) is 0 Å². The van der Waals surface area contributed by atoms with Gasteiger partial charge >= 0.3 is 0 Å². The van der Waals surface area contributed by atoms with E-state index in [0.717, 1.165) is 6.42 Å². The average molecular weight is 244 g/mol. The van der Waals surface area contributed by atoms with Crippen molar-refractivity contribution in [1.82, 2.24) is 5.43 Å². The van der Waals surface area contributed by atoms with Gasteiger partial charge in [-0.15, -0.1) is 0 Å². The maximum Gasteiger partial charge on any atom is 0.0460 e. The Morgan fingerprint density at radius 3 is 2.44 bits per heavy atom. The fourth-order valence-corrected chi connectivity index (χ4v) is 2.90. The van der Waals surface area contributed by atoms with E-state index in [4.69, 9.17) is 5.84 Å². The monoisotopic (exact) mass is 244 g/mol. The summed E-state index contributed by atoms with van der Waals surface area (Å²) in [7, 11) is 0. The van der Waals surface area contributed by atoms with E-state index in [9.17, 15) is 0 Å². The van der Waals surface area contributed by atoms with E-state index >= 15 is 0 Å². The first kappa shape index (κ1) is 13.3. The standard InChI is InChI=1S/C16H24N2/c1-12-8-13(2)10-14(9-12)11-16(18-17)15-6-4-3-5-7-15/h6,8-10,16,18H,3-5,7,11,17H2,1-2H3. The summed E-state index contributed by atoms with van der Waals surface area (Å²) in [4.78, 5) is 0. The van der Waals surface area contributed by atoms with Crippen molar-refractivity contribution in [2.45, 2.75) is 52.0 Å². The Balaban J connectivity index is 2.12. The number of rotatable bonds is 4. The van der Waals surface area contributed by atoms with Crippen LogP contribution in [0.1, 0.15) is 42.4 Å². The smallest absolute Gasteiger partial charge is 0.0460 e. The molecule has 2 heteroatoms. The molecule has 2 rings (SSSR count). The zero-order chi connectivity index (χ0) is 13.0. The Labute approximate surface area is 110 Å². The van der Waals surface area contributed by atoms with Crippen molar-refractivity contribution in [3.05, 3.63) is 46.5 Å². The number of allylic oxidation sites excluding steroid dienone is 1. The van der Waals surface area contributed by atoms with Crippen LogP contribution >= 0.6 is 0 Å². The van der Waals surface area contributed by atoms with Crippen LogP contribution < -0.4 is 11.3 Å². The molecule has 1 aromatic rings. The van der Waals surface area contributed by atoms with Gasteiger partial charge in [0.15, 0.2) is 0 Å². The van der Waals surface area contributed by atoms with Gasteiger partial charge in [-0.2, -0.15) is 0 Å². The highest BCUT2D eigenvalue weighted by Gasteiger charge is 2.15. The van der Waals surface area contributed by atoms with E-state index in [0.29, 0.717) is 6.04 Å². The largest absolute Gasteiger partial charge is 0.271 e. The van der Waals surface area contributed by atoms with Crippen LogP contribution in [0.5, 0.6) is 0 Å². The Morgan fingerprint density at radius 2 is 1.89 bits per heavy atom.